The summed E-state index contributed by atoms with van der Waals surface area (Å²) in [6.45, 7) is 0.229. The van der Waals surface area contributed by atoms with Crippen LogP contribution in [0.25, 0.3) is 0 Å². The number of alkyl halides is 3. The van der Waals surface area contributed by atoms with E-state index in [1.807, 2.05) is 0 Å². The minimum atomic E-state index is -4.21. The molecule has 2 saturated heterocycles. The van der Waals surface area contributed by atoms with Gasteiger partial charge in [-0.1, -0.05) is 0 Å². The Morgan fingerprint density at radius 1 is 1.33 bits per heavy atom. The third kappa shape index (κ3) is 4.09. The molecule has 5 nitrogen and oxygen atoms in total. The number of amides is 2. The van der Waals surface area contributed by atoms with Crippen LogP contribution in [-0.2, 0) is 9.59 Å². The van der Waals surface area contributed by atoms with Crippen molar-refractivity contribution in [3.63, 3.8) is 0 Å². The zero-order valence-electron chi connectivity index (χ0n) is 11.9. The van der Waals surface area contributed by atoms with Crippen molar-refractivity contribution >= 4 is 11.8 Å². The molecule has 0 aliphatic carbocycles. The van der Waals surface area contributed by atoms with Gasteiger partial charge in [0.1, 0.15) is 0 Å². The van der Waals surface area contributed by atoms with Crippen molar-refractivity contribution < 1.29 is 22.8 Å². The van der Waals surface area contributed by atoms with Crippen molar-refractivity contribution in [2.24, 2.45) is 5.92 Å². The standard InChI is InChI=1S/C13H20F3N3O2/c1-19-7-9(3-5-11(19)20)18-12(21)10-4-2-8(6-17-10)13(14,15)16/h8-10,17H,2-7H2,1H3,(H,18,21). The molecule has 3 atom stereocenters. The highest BCUT2D eigenvalue weighted by Crippen LogP contribution is 2.31. The molecule has 0 aromatic heterocycles. The summed E-state index contributed by atoms with van der Waals surface area (Å²) in [6, 6.07) is -0.700. The Morgan fingerprint density at radius 2 is 2.05 bits per heavy atom. The molecule has 2 rings (SSSR count). The van der Waals surface area contributed by atoms with E-state index >= 15 is 0 Å². The fourth-order valence-electron chi connectivity index (χ4n) is 2.79. The molecule has 2 aliphatic heterocycles. The highest BCUT2D eigenvalue weighted by Gasteiger charge is 2.42. The second kappa shape index (κ2) is 6.21. The van der Waals surface area contributed by atoms with Gasteiger partial charge >= 0.3 is 6.18 Å². The molecule has 3 unspecified atom stereocenters. The van der Waals surface area contributed by atoms with E-state index in [0.717, 1.165) is 0 Å². The normalized spacial score (nSPS) is 31.1. The van der Waals surface area contributed by atoms with Gasteiger partial charge in [-0.25, -0.2) is 0 Å². The quantitative estimate of drug-likeness (QED) is 0.787. The number of nitrogens with zero attached hydrogens (tertiary/aromatic N) is 1. The van der Waals surface area contributed by atoms with Gasteiger partial charge in [-0.15, -0.1) is 0 Å². The Labute approximate surface area is 121 Å². The monoisotopic (exact) mass is 307 g/mol. The molecule has 2 heterocycles. The van der Waals surface area contributed by atoms with E-state index < -0.39 is 18.1 Å². The van der Waals surface area contributed by atoms with Gasteiger partial charge in [0, 0.05) is 32.6 Å². The van der Waals surface area contributed by atoms with E-state index in [4.69, 9.17) is 0 Å². The lowest BCUT2D eigenvalue weighted by atomic mass is 9.93. The number of rotatable bonds is 2. The minimum Gasteiger partial charge on any atom is -0.350 e. The number of carbonyl (C=O) groups excluding carboxylic acids is 2. The fourth-order valence-corrected chi connectivity index (χ4v) is 2.79. The summed E-state index contributed by atoms with van der Waals surface area (Å²) < 4.78 is 37.6. The van der Waals surface area contributed by atoms with Crippen LogP contribution in [0.3, 0.4) is 0 Å². The fraction of sp³-hybridized carbons (Fsp3) is 0.846. The van der Waals surface area contributed by atoms with Crippen molar-refractivity contribution in [1.82, 2.24) is 15.5 Å². The third-order valence-electron chi connectivity index (χ3n) is 4.17. The van der Waals surface area contributed by atoms with Gasteiger partial charge in [0.15, 0.2) is 0 Å². The predicted molar refractivity (Wildman–Crippen MR) is 69.4 cm³/mol. The van der Waals surface area contributed by atoms with Crippen LogP contribution in [0.2, 0.25) is 0 Å². The van der Waals surface area contributed by atoms with E-state index in [2.05, 4.69) is 10.6 Å². The van der Waals surface area contributed by atoms with Crippen LogP contribution in [0, 0.1) is 5.92 Å². The Kier molecular flexibility index (Phi) is 4.75. The molecule has 0 aromatic rings. The lowest BCUT2D eigenvalue weighted by Gasteiger charge is -2.33. The molecular formula is C13H20F3N3O2. The van der Waals surface area contributed by atoms with E-state index in [0.29, 0.717) is 19.4 Å². The molecule has 0 bridgehead atoms. The van der Waals surface area contributed by atoms with E-state index in [1.54, 1.807) is 11.9 Å². The third-order valence-corrected chi connectivity index (χ3v) is 4.17. The number of piperidine rings is 2. The first-order valence-electron chi connectivity index (χ1n) is 7.12. The van der Waals surface area contributed by atoms with Gasteiger partial charge in [-0.2, -0.15) is 13.2 Å². The van der Waals surface area contributed by atoms with Crippen molar-refractivity contribution in [3.8, 4) is 0 Å². The highest BCUT2D eigenvalue weighted by molar-refractivity contribution is 5.83. The van der Waals surface area contributed by atoms with Crippen LogP contribution in [-0.4, -0.2) is 55.1 Å². The average Bonchev–Trinajstić information content (AvgIpc) is 2.42. The van der Waals surface area contributed by atoms with Crippen molar-refractivity contribution in [1.29, 1.82) is 0 Å². The molecule has 0 aromatic carbocycles. The molecule has 2 amide bonds. The first-order valence-corrected chi connectivity index (χ1v) is 7.12. The second-order valence-electron chi connectivity index (χ2n) is 5.80. The number of likely N-dealkylation sites (tertiary alicyclic amines) is 1. The largest absolute Gasteiger partial charge is 0.393 e. The van der Waals surface area contributed by atoms with Gasteiger partial charge in [-0.3, -0.25) is 9.59 Å². The zero-order chi connectivity index (χ0) is 15.6. The van der Waals surface area contributed by atoms with Crippen molar-refractivity contribution in [2.45, 2.75) is 43.9 Å². The molecular weight excluding hydrogens is 287 g/mol. The van der Waals surface area contributed by atoms with Gasteiger partial charge < -0.3 is 15.5 Å². The maximum Gasteiger partial charge on any atom is 0.393 e. The van der Waals surface area contributed by atoms with Gasteiger partial charge in [0.05, 0.1) is 12.0 Å². The number of halogens is 3. The minimum absolute atomic E-state index is 0.0301. The number of likely N-dealkylation sites (N-methyl/N-ethyl adjacent to an activating group) is 1. The topological polar surface area (TPSA) is 61.4 Å². The Hall–Kier alpha value is -1.31. The van der Waals surface area contributed by atoms with Crippen LogP contribution >= 0.6 is 0 Å². The van der Waals surface area contributed by atoms with Gasteiger partial charge in [0.25, 0.3) is 0 Å². The molecule has 8 heteroatoms. The maximum atomic E-state index is 12.5. The lowest BCUT2D eigenvalue weighted by Crippen LogP contribution is -2.56. The number of hydrogen-bond donors (Lipinski definition) is 2. The summed E-state index contributed by atoms with van der Waals surface area (Å²) in [5, 5.41) is 5.49. The van der Waals surface area contributed by atoms with Gasteiger partial charge in [0.2, 0.25) is 11.8 Å². The predicted octanol–water partition coefficient (Wildman–Crippen LogP) is 0.654. The SMILES string of the molecule is CN1CC(NC(=O)C2CCC(C(F)(F)F)CN2)CCC1=O. The molecule has 2 N–H and O–H groups in total. The lowest BCUT2D eigenvalue weighted by molar-refractivity contribution is -0.180. The summed E-state index contributed by atoms with van der Waals surface area (Å²) >= 11 is 0. The van der Waals surface area contributed by atoms with Crippen molar-refractivity contribution in [3.05, 3.63) is 0 Å². The highest BCUT2D eigenvalue weighted by atomic mass is 19.4. The van der Waals surface area contributed by atoms with Gasteiger partial charge in [-0.05, 0) is 19.3 Å². The molecule has 21 heavy (non-hydrogen) atoms. The summed E-state index contributed by atoms with van der Waals surface area (Å²) in [4.78, 5) is 25.0. The van der Waals surface area contributed by atoms with Crippen LogP contribution in [0.1, 0.15) is 25.7 Å². The summed E-state index contributed by atoms with van der Waals surface area (Å²) in [6.07, 6.45) is -3.10. The number of carbonyl (C=O) groups is 2. The molecule has 2 fully saturated rings. The molecule has 0 radical (unpaired) electrons. The van der Waals surface area contributed by atoms with E-state index in [9.17, 15) is 22.8 Å². The molecule has 120 valence electrons. The Morgan fingerprint density at radius 3 is 2.57 bits per heavy atom. The van der Waals surface area contributed by atoms with Crippen LogP contribution < -0.4 is 10.6 Å². The molecule has 0 spiro atoms. The number of nitrogens with one attached hydrogen (secondary N) is 2. The van der Waals surface area contributed by atoms with E-state index in [1.165, 1.54) is 0 Å². The first kappa shape index (κ1) is 16.1. The molecule has 0 saturated carbocycles. The van der Waals surface area contributed by atoms with Crippen LogP contribution in [0.4, 0.5) is 13.2 Å². The van der Waals surface area contributed by atoms with E-state index in [-0.39, 0.29) is 37.2 Å². The zero-order valence-corrected chi connectivity index (χ0v) is 11.9. The summed E-state index contributed by atoms with van der Waals surface area (Å²) in [7, 11) is 1.67. The Balaban J connectivity index is 1.79. The summed E-state index contributed by atoms with van der Waals surface area (Å²) in [5.74, 6) is -1.60. The molecule has 2 aliphatic rings. The van der Waals surface area contributed by atoms with Crippen LogP contribution in [0.5, 0.6) is 0 Å². The maximum absolute atomic E-state index is 12.5. The second-order valence-corrected chi connectivity index (χ2v) is 5.80. The Bertz CT molecular complexity index is 406. The smallest absolute Gasteiger partial charge is 0.350 e. The van der Waals surface area contributed by atoms with Crippen LogP contribution in [0.15, 0.2) is 0 Å². The number of hydrogen-bond acceptors (Lipinski definition) is 3. The van der Waals surface area contributed by atoms with Crippen molar-refractivity contribution in [2.75, 3.05) is 20.1 Å². The summed E-state index contributed by atoms with van der Waals surface area (Å²) in [5.41, 5.74) is 0. The average molecular weight is 307 g/mol. The first-order chi connectivity index (χ1) is 9.77.